The van der Waals surface area contributed by atoms with Crippen LogP contribution < -0.4 is 10.1 Å². The van der Waals surface area contributed by atoms with Gasteiger partial charge in [0.05, 0.1) is 6.61 Å². The molecule has 1 N–H and O–H groups in total. The van der Waals surface area contributed by atoms with E-state index in [1.807, 2.05) is 6.92 Å². The molecule has 0 radical (unpaired) electrons. The first kappa shape index (κ1) is 12.4. The highest BCUT2D eigenvalue weighted by atomic mass is 19.1. The Labute approximate surface area is 102 Å². The van der Waals surface area contributed by atoms with Crippen LogP contribution in [0.25, 0.3) is 0 Å². The molecular formula is C14H20FNO. The third-order valence-electron chi connectivity index (χ3n) is 2.93. The van der Waals surface area contributed by atoms with Crippen molar-refractivity contribution in [2.24, 2.45) is 0 Å². The summed E-state index contributed by atoms with van der Waals surface area (Å²) in [6.45, 7) is 3.57. The number of halogens is 1. The molecule has 1 aliphatic carbocycles. The number of hydrogen-bond acceptors (Lipinski definition) is 2. The number of rotatable bonds is 7. The van der Waals surface area contributed by atoms with Gasteiger partial charge in [0.1, 0.15) is 0 Å². The van der Waals surface area contributed by atoms with E-state index < -0.39 is 0 Å². The van der Waals surface area contributed by atoms with Crippen LogP contribution >= 0.6 is 0 Å². The maximum Gasteiger partial charge on any atom is 0.165 e. The first-order valence-electron chi connectivity index (χ1n) is 6.38. The minimum absolute atomic E-state index is 0.272. The molecular weight excluding hydrogens is 217 g/mol. The smallest absolute Gasteiger partial charge is 0.165 e. The molecule has 17 heavy (non-hydrogen) atoms. The van der Waals surface area contributed by atoms with Gasteiger partial charge < -0.3 is 10.1 Å². The molecule has 0 atom stereocenters. The fourth-order valence-electron chi connectivity index (χ4n) is 1.72. The van der Waals surface area contributed by atoms with Gasteiger partial charge in [-0.2, -0.15) is 0 Å². The van der Waals surface area contributed by atoms with Gasteiger partial charge in [-0.15, -0.1) is 0 Å². The molecule has 3 heteroatoms. The first-order valence-corrected chi connectivity index (χ1v) is 6.38. The summed E-state index contributed by atoms with van der Waals surface area (Å²) >= 11 is 0. The average Bonchev–Trinajstić information content (AvgIpc) is 3.11. The lowest BCUT2D eigenvalue weighted by Gasteiger charge is -2.08. The molecule has 0 aromatic heterocycles. The molecule has 1 aliphatic rings. The molecule has 0 amide bonds. The first-order chi connectivity index (χ1) is 8.25. The van der Waals surface area contributed by atoms with Crippen molar-refractivity contribution in [1.82, 2.24) is 5.32 Å². The third-order valence-corrected chi connectivity index (χ3v) is 2.93. The molecule has 0 saturated heterocycles. The SMILES string of the molecule is Cc1ccc(F)c(OCCCCNC2CC2)c1. The number of unbranched alkanes of at least 4 members (excludes halogenated alkanes) is 1. The van der Waals surface area contributed by atoms with Gasteiger partial charge in [-0.25, -0.2) is 4.39 Å². The van der Waals surface area contributed by atoms with Gasteiger partial charge in [-0.1, -0.05) is 6.07 Å². The Hall–Kier alpha value is -1.09. The summed E-state index contributed by atoms with van der Waals surface area (Å²) in [6, 6.07) is 5.73. The Bertz CT molecular complexity index is 363. The van der Waals surface area contributed by atoms with Crippen molar-refractivity contribution in [2.75, 3.05) is 13.2 Å². The summed E-state index contributed by atoms with van der Waals surface area (Å²) < 4.78 is 18.8. The van der Waals surface area contributed by atoms with E-state index >= 15 is 0 Å². The molecule has 1 aromatic rings. The topological polar surface area (TPSA) is 21.3 Å². The lowest BCUT2D eigenvalue weighted by molar-refractivity contribution is 0.291. The monoisotopic (exact) mass is 237 g/mol. The molecule has 2 nitrogen and oxygen atoms in total. The molecule has 0 aliphatic heterocycles. The summed E-state index contributed by atoms with van der Waals surface area (Å²) in [7, 11) is 0. The minimum atomic E-state index is -0.272. The van der Waals surface area contributed by atoms with Crippen molar-refractivity contribution in [3.8, 4) is 5.75 Å². The van der Waals surface area contributed by atoms with Gasteiger partial charge >= 0.3 is 0 Å². The van der Waals surface area contributed by atoms with E-state index in [-0.39, 0.29) is 5.82 Å². The van der Waals surface area contributed by atoms with E-state index in [2.05, 4.69) is 5.32 Å². The number of hydrogen-bond donors (Lipinski definition) is 1. The maximum absolute atomic E-state index is 13.3. The van der Waals surface area contributed by atoms with Crippen molar-refractivity contribution < 1.29 is 9.13 Å². The van der Waals surface area contributed by atoms with E-state index in [4.69, 9.17) is 4.74 Å². The van der Waals surface area contributed by atoms with E-state index in [9.17, 15) is 4.39 Å². The number of benzene rings is 1. The van der Waals surface area contributed by atoms with Gasteiger partial charge in [-0.3, -0.25) is 0 Å². The Morgan fingerprint density at radius 3 is 2.94 bits per heavy atom. The molecule has 2 rings (SSSR count). The van der Waals surface area contributed by atoms with Crippen molar-refractivity contribution in [3.63, 3.8) is 0 Å². The predicted octanol–water partition coefficient (Wildman–Crippen LogP) is 3.05. The van der Waals surface area contributed by atoms with Crippen LogP contribution in [0.2, 0.25) is 0 Å². The summed E-state index contributed by atoms with van der Waals surface area (Å²) in [5.41, 5.74) is 1.02. The predicted molar refractivity (Wildman–Crippen MR) is 66.9 cm³/mol. The minimum Gasteiger partial charge on any atom is -0.491 e. The van der Waals surface area contributed by atoms with E-state index in [1.165, 1.54) is 18.9 Å². The van der Waals surface area contributed by atoms with E-state index in [0.717, 1.165) is 31.0 Å². The summed E-state index contributed by atoms with van der Waals surface area (Å²) in [6.07, 6.45) is 4.70. The van der Waals surface area contributed by atoms with E-state index in [1.54, 1.807) is 12.1 Å². The number of nitrogens with one attached hydrogen (secondary N) is 1. The molecule has 0 bridgehead atoms. The van der Waals surface area contributed by atoms with Crippen LogP contribution in [0.4, 0.5) is 4.39 Å². The molecule has 1 aromatic carbocycles. The fraction of sp³-hybridized carbons (Fsp3) is 0.571. The fourth-order valence-corrected chi connectivity index (χ4v) is 1.72. The molecule has 94 valence electrons. The summed E-state index contributed by atoms with van der Waals surface area (Å²) in [5.74, 6) is 0.104. The van der Waals surface area contributed by atoms with Crippen molar-refractivity contribution >= 4 is 0 Å². The van der Waals surface area contributed by atoms with Crippen molar-refractivity contribution in [3.05, 3.63) is 29.6 Å². The van der Waals surface area contributed by atoms with Crippen LogP contribution in [-0.4, -0.2) is 19.2 Å². The Morgan fingerprint density at radius 2 is 2.18 bits per heavy atom. The second kappa shape index (κ2) is 6.01. The summed E-state index contributed by atoms with van der Waals surface area (Å²) in [5, 5.41) is 3.45. The zero-order valence-corrected chi connectivity index (χ0v) is 10.3. The Kier molecular flexibility index (Phi) is 4.37. The third kappa shape index (κ3) is 4.35. The summed E-state index contributed by atoms with van der Waals surface area (Å²) in [4.78, 5) is 0. The van der Waals surface area contributed by atoms with Crippen LogP contribution in [0.15, 0.2) is 18.2 Å². The van der Waals surface area contributed by atoms with E-state index in [0.29, 0.717) is 12.4 Å². The van der Waals surface area contributed by atoms with Gasteiger partial charge in [0.15, 0.2) is 11.6 Å². The molecule has 1 fully saturated rings. The number of aryl methyl sites for hydroxylation is 1. The lowest BCUT2D eigenvalue weighted by Crippen LogP contribution is -2.17. The zero-order valence-electron chi connectivity index (χ0n) is 10.3. The molecule has 0 heterocycles. The quantitative estimate of drug-likeness (QED) is 0.736. The molecule has 1 saturated carbocycles. The Balaban J connectivity index is 1.61. The van der Waals surface area contributed by atoms with Gasteiger partial charge in [0, 0.05) is 6.04 Å². The Morgan fingerprint density at radius 1 is 1.35 bits per heavy atom. The molecule has 0 spiro atoms. The standard InChI is InChI=1S/C14H20FNO/c1-11-4-7-13(15)14(10-11)17-9-3-2-8-16-12-5-6-12/h4,7,10,12,16H,2-3,5-6,8-9H2,1H3. The highest BCUT2D eigenvalue weighted by molar-refractivity contribution is 5.29. The highest BCUT2D eigenvalue weighted by Crippen LogP contribution is 2.19. The highest BCUT2D eigenvalue weighted by Gasteiger charge is 2.19. The lowest BCUT2D eigenvalue weighted by atomic mass is 10.2. The maximum atomic E-state index is 13.3. The van der Waals surface area contributed by atoms with Gasteiger partial charge in [0.25, 0.3) is 0 Å². The second-order valence-corrected chi connectivity index (χ2v) is 4.72. The normalized spacial score (nSPS) is 14.9. The van der Waals surface area contributed by atoms with Crippen molar-refractivity contribution in [1.29, 1.82) is 0 Å². The zero-order chi connectivity index (χ0) is 12.1. The van der Waals surface area contributed by atoms with Gasteiger partial charge in [0.2, 0.25) is 0 Å². The van der Waals surface area contributed by atoms with Crippen LogP contribution in [-0.2, 0) is 0 Å². The number of ether oxygens (including phenoxy) is 1. The molecule has 0 unspecified atom stereocenters. The average molecular weight is 237 g/mol. The van der Waals surface area contributed by atoms with Crippen LogP contribution in [0.5, 0.6) is 5.75 Å². The largest absolute Gasteiger partial charge is 0.491 e. The van der Waals surface area contributed by atoms with Crippen LogP contribution in [0.1, 0.15) is 31.2 Å². The second-order valence-electron chi connectivity index (χ2n) is 4.72. The van der Waals surface area contributed by atoms with Gasteiger partial charge in [-0.05, 0) is 56.8 Å². The van der Waals surface area contributed by atoms with Crippen molar-refractivity contribution in [2.45, 2.75) is 38.6 Å². The van der Waals surface area contributed by atoms with Crippen LogP contribution in [0, 0.1) is 12.7 Å². The van der Waals surface area contributed by atoms with Crippen LogP contribution in [0.3, 0.4) is 0 Å².